The number of benzene rings is 1. The van der Waals surface area contributed by atoms with Crippen molar-refractivity contribution in [2.45, 2.75) is 31.5 Å². The average molecular weight is 405 g/mol. The van der Waals surface area contributed by atoms with Gasteiger partial charge in [-0.3, -0.25) is 9.69 Å². The minimum atomic E-state index is -4.65. The summed E-state index contributed by atoms with van der Waals surface area (Å²) < 4.78 is 50.1. The van der Waals surface area contributed by atoms with Gasteiger partial charge in [0.25, 0.3) is 0 Å². The lowest BCUT2D eigenvalue weighted by Crippen LogP contribution is -2.51. The van der Waals surface area contributed by atoms with E-state index in [0.29, 0.717) is 26.3 Å². The molecule has 0 bridgehead atoms. The summed E-state index contributed by atoms with van der Waals surface area (Å²) in [6, 6.07) is 5.58. The number of nitrogens with zero attached hydrogens (tertiary/aromatic N) is 2. The first-order valence-corrected chi connectivity index (χ1v) is 8.89. The highest BCUT2D eigenvalue weighted by Crippen LogP contribution is 2.40. The number of alkyl halides is 3. The standard InChI is InChI=1S/C18H20ClF3N2O3/c1-2-27-16(25)5-6-17(12-23,24-7-9-26-10-8-24)13-3-4-15(19)14(11-13)18(20,21)22/h3-4,11H,2,5-10H2,1H3. The van der Waals surface area contributed by atoms with Crippen LogP contribution in [0.4, 0.5) is 13.2 Å². The zero-order valence-electron chi connectivity index (χ0n) is 14.8. The molecular weight excluding hydrogens is 385 g/mol. The lowest BCUT2D eigenvalue weighted by molar-refractivity contribution is -0.144. The number of carbonyl (C=O) groups is 1. The van der Waals surface area contributed by atoms with Crippen LogP contribution in [0.1, 0.15) is 30.9 Å². The van der Waals surface area contributed by atoms with Crippen molar-refractivity contribution in [3.63, 3.8) is 0 Å². The van der Waals surface area contributed by atoms with Crippen LogP contribution in [0.5, 0.6) is 0 Å². The molecule has 0 radical (unpaired) electrons. The summed E-state index contributed by atoms with van der Waals surface area (Å²) in [7, 11) is 0. The molecule has 2 rings (SSSR count). The Labute approximate surface area is 160 Å². The third kappa shape index (κ3) is 4.92. The van der Waals surface area contributed by atoms with Gasteiger partial charge in [0.05, 0.1) is 36.5 Å². The van der Waals surface area contributed by atoms with E-state index in [1.165, 1.54) is 6.07 Å². The van der Waals surface area contributed by atoms with Crippen LogP contribution >= 0.6 is 11.6 Å². The predicted molar refractivity (Wildman–Crippen MR) is 92.0 cm³/mol. The molecule has 1 aliphatic rings. The zero-order chi connectivity index (χ0) is 20.1. The van der Waals surface area contributed by atoms with E-state index in [1.54, 1.807) is 11.8 Å². The molecule has 0 aliphatic carbocycles. The Hall–Kier alpha value is -1.82. The van der Waals surface area contributed by atoms with Gasteiger partial charge >= 0.3 is 12.1 Å². The van der Waals surface area contributed by atoms with Gasteiger partial charge in [-0.1, -0.05) is 17.7 Å². The maximum absolute atomic E-state index is 13.3. The van der Waals surface area contributed by atoms with Gasteiger partial charge in [-0.25, -0.2) is 0 Å². The van der Waals surface area contributed by atoms with Gasteiger partial charge in [0, 0.05) is 19.5 Å². The third-order valence-corrected chi connectivity index (χ3v) is 4.81. The minimum absolute atomic E-state index is 0.00125. The van der Waals surface area contributed by atoms with E-state index >= 15 is 0 Å². The number of nitriles is 1. The molecule has 1 atom stereocenters. The first-order valence-electron chi connectivity index (χ1n) is 8.51. The second-order valence-corrected chi connectivity index (χ2v) is 6.48. The average Bonchev–Trinajstić information content (AvgIpc) is 2.64. The molecule has 1 aromatic carbocycles. The maximum Gasteiger partial charge on any atom is 0.417 e. The first-order chi connectivity index (χ1) is 12.7. The van der Waals surface area contributed by atoms with Crippen LogP contribution in [-0.2, 0) is 26.0 Å². The summed E-state index contributed by atoms with van der Waals surface area (Å²) >= 11 is 5.72. The van der Waals surface area contributed by atoms with Crippen molar-refractivity contribution in [1.29, 1.82) is 5.26 Å². The van der Waals surface area contributed by atoms with Gasteiger partial charge in [-0.05, 0) is 31.0 Å². The first kappa shape index (κ1) is 21.5. The second-order valence-electron chi connectivity index (χ2n) is 6.07. The number of halogens is 4. The summed E-state index contributed by atoms with van der Waals surface area (Å²) in [6.45, 7) is 3.27. The molecule has 1 saturated heterocycles. The minimum Gasteiger partial charge on any atom is -0.466 e. The quantitative estimate of drug-likeness (QED) is 0.676. The van der Waals surface area contributed by atoms with Crippen molar-refractivity contribution in [1.82, 2.24) is 4.90 Å². The molecule has 27 heavy (non-hydrogen) atoms. The summed E-state index contributed by atoms with van der Waals surface area (Å²) in [5.74, 6) is -0.504. The number of morpholine rings is 1. The zero-order valence-corrected chi connectivity index (χ0v) is 15.6. The van der Waals surface area contributed by atoms with Gasteiger partial charge < -0.3 is 9.47 Å². The van der Waals surface area contributed by atoms with Crippen molar-refractivity contribution < 1.29 is 27.4 Å². The molecule has 1 aliphatic heterocycles. The largest absolute Gasteiger partial charge is 0.466 e. The summed E-state index contributed by atoms with van der Waals surface area (Å²) in [6.07, 6.45) is -4.75. The van der Waals surface area contributed by atoms with Crippen LogP contribution in [0.25, 0.3) is 0 Å². The molecule has 1 fully saturated rings. The van der Waals surface area contributed by atoms with Crippen LogP contribution in [0.2, 0.25) is 5.02 Å². The summed E-state index contributed by atoms with van der Waals surface area (Å²) in [5, 5.41) is 9.55. The fourth-order valence-electron chi connectivity index (χ4n) is 3.14. The van der Waals surface area contributed by atoms with Crippen LogP contribution in [-0.4, -0.2) is 43.8 Å². The Kier molecular flexibility index (Phi) is 7.09. The maximum atomic E-state index is 13.3. The molecule has 0 spiro atoms. The number of rotatable bonds is 6. The molecule has 5 nitrogen and oxygen atoms in total. The number of hydrogen-bond donors (Lipinski definition) is 0. The number of hydrogen-bond acceptors (Lipinski definition) is 5. The molecule has 0 N–H and O–H groups in total. The van der Waals surface area contributed by atoms with Crippen molar-refractivity contribution in [2.24, 2.45) is 0 Å². The summed E-state index contributed by atoms with van der Waals surface area (Å²) in [5.41, 5.74) is -2.28. The highest BCUT2D eigenvalue weighted by atomic mass is 35.5. The van der Waals surface area contributed by atoms with Crippen LogP contribution in [0.3, 0.4) is 0 Å². The molecular formula is C18H20ClF3N2O3. The molecule has 1 unspecified atom stereocenters. The van der Waals surface area contributed by atoms with E-state index in [0.717, 1.165) is 12.1 Å². The van der Waals surface area contributed by atoms with Crippen molar-refractivity contribution >= 4 is 17.6 Å². The van der Waals surface area contributed by atoms with Crippen molar-refractivity contribution in [2.75, 3.05) is 32.9 Å². The number of ether oxygens (including phenoxy) is 2. The molecule has 148 valence electrons. The molecule has 0 aromatic heterocycles. The lowest BCUT2D eigenvalue weighted by atomic mass is 9.83. The predicted octanol–water partition coefficient (Wildman–Crippen LogP) is 3.75. The molecule has 1 aromatic rings. The number of carbonyl (C=O) groups excluding carboxylic acids is 1. The van der Waals surface area contributed by atoms with E-state index in [2.05, 4.69) is 6.07 Å². The van der Waals surface area contributed by atoms with Gasteiger partial charge in [0.15, 0.2) is 0 Å². The van der Waals surface area contributed by atoms with E-state index in [-0.39, 0.29) is 25.0 Å². The monoisotopic (exact) mass is 404 g/mol. The Balaban J connectivity index is 2.48. The van der Waals surface area contributed by atoms with Gasteiger partial charge in [0.1, 0.15) is 5.54 Å². The smallest absolute Gasteiger partial charge is 0.417 e. The molecule has 1 heterocycles. The van der Waals surface area contributed by atoms with Gasteiger partial charge in [-0.2, -0.15) is 18.4 Å². The van der Waals surface area contributed by atoms with Crippen LogP contribution in [0, 0.1) is 11.3 Å². The van der Waals surface area contributed by atoms with E-state index in [9.17, 15) is 23.2 Å². The highest BCUT2D eigenvalue weighted by molar-refractivity contribution is 6.31. The SMILES string of the molecule is CCOC(=O)CCC(C#N)(c1ccc(Cl)c(C(F)(F)F)c1)N1CCOCC1. The highest BCUT2D eigenvalue weighted by Gasteiger charge is 2.42. The number of esters is 1. The van der Waals surface area contributed by atoms with E-state index in [1.807, 2.05) is 0 Å². The van der Waals surface area contributed by atoms with Crippen molar-refractivity contribution in [3.8, 4) is 6.07 Å². The molecule has 0 saturated carbocycles. The second kappa shape index (κ2) is 8.91. The molecule has 9 heteroatoms. The van der Waals surface area contributed by atoms with Crippen LogP contribution < -0.4 is 0 Å². The Morgan fingerprint density at radius 1 is 1.37 bits per heavy atom. The van der Waals surface area contributed by atoms with Crippen molar-refractivity contribution in [3.05, 3.63) is 34.3 Å². The third-order valence-electron chi connectivity index (χ3n) is 4.48. The molecule has 0 amide bonds. The summed E-state index contributed by atoms with van der Waals surface area (Å²) in [4.78, 5) is 13.6. The fraction of sp³-hybridized carbons (Fsp3) is 0.556. The van der Waals surface area contributed by atoms with E-state index in [4.69, 9.17) is 21.1 Å². The van der Waals surface area contributed by atoms with Gasteiger partial charge in [0.2, 0.25) is 0 Å². The Morgan fingerprint density at radius 2 is 2.04 bits per heavy atom. The van der Waals surface area contributed by atoms with Crippen LogP contribution in [0.15, 0.2) is 18.2 Å². The fourth-order valence-corrected chi connectivity index (χ4v) is 3.36. The van der Waals surface area contributed by atoms with Gasteiger partial charge in [-0.15, -0.1) is 0 Å². The Morgan fingerprint density at radius 3 is 2.59 bits per heavy atom. The van der Waals surface area contributed by atoms with E-state index < -0.39 is 28.3 Å². The normalized spacial score (nSPS) is 17.8. The lowest BCUT2D eigenvalue weighted by Gasteiger charge is -2.41. The Bertz CT molecular complexity index is 715. The topological polar surface area (TPSA) is 62.6 Å².